The van der Waals surface area contributed by atoms with E-state index < -0.39 is 5.91 Å². The number of hydrogen-bond donors (Lipinski definition) is 2. The third-order valence-electron chi connectivity index (χ3n) is 5.46. The van der Waals surface area contributed by atoms with Gasteiger partial charge in [0, 0.05) is 19.3 Å². The summed E-state index contributed by atoms with van der Waals surface area (Å²) in [5, 5.41) is 0.903. The number of fused-ring (bicyclic) bond motifs is 2. The molecule has 2 aliphatic rings. The van der Waals surface area contributed by atoms with Gasteiger partial charge >= 0.3 is 0 Å². The van der Waals surface area contributed by atoms with Gasteiger partial charge < -0.3 is 16.4 Å². The molecular weight excluding hydrogens is 308 g/mol. The molecule has 0 aromatic carbocycles. The summed E-state index contributed by atoms with van der Waals surface area (Å²) in [5.41, 5.74) is 13.3. The number of carbonyl (C=O) groups excluding carboxylic acids is 1. The molecule has 4 N–H and O–H groups in total. The molecule has 6 heteroatoms. The second-order valence-corrected chi connectivity index (χ2v) is 7.76. The van der Waals surface area contributed by atoms with E-state index in [9.17, 15) is 4.79 Å². The Morgan fingerprint density at radius 3 is 2.83 bits per heavy atom. The molecule has 5 nitrogen and oxygen atoms in total. The lowest BCUT2D eigenvalue weighted by Gasteiger charge is -2.42. The molecule has 0 radical (unpaired) electrons. The van der Waals surface area contributed by atoms with Crippen molar-refractivity contribution in [1.82, 2.24) is 4.98 Å². The average Bonchev–Trinajstić information content (AvgIpc) is 2.92. The quantitative estimate of drug-likeness (QED) is 0.886. The van der Waals surface area contributed by atoms with E-state index in [1.54, 1.807) is 0 Å². The predicted octanol–water partition coefficient (Wildman–Crippen LogP) is 2.99. The molecule has 122 valence electrons. The molecule has 2 atom stereocenters. The minimum atomic E-state index is -0.470. The SMILES string of the molecule is NC(=O)c1sc2nccc(N3CCC4CCCCC4C3)c2c1N. The van der Waals surface area contributed by atoms with Crippen molar-refractivity contribution in [3.8, 4) is 0 Å². The minimum Gasteiger partial charge on any atom is -0.397 e. The maximum absolute atomic E-state index is 11.6. The van der Waals surface area contributed by atoms with Gasteiger partial charge in [0.1, 0.15) is 9.71 Å². The normalized spacial score (nSPS) is 24.6. The van der Waals surface area contributed by atoms with Gasteiger partial charge in [-0.25, -0.2) is 4.98 Å². The van der Waals surface area contributed by atoms with Crippen LogP contribution in [0.1, 0.15) is 41.8 Å². The first-order valence-corrected chi connectivity index (χ1v) is 9.18. The van der Waals surface area contributed by atoms with Crippen LogP contribution in [0.4, 0.5) is 11.4 Å². The zero-order chi connectivity index (χ0) is 16.0. The Hall–Kier alpha value is -1.82. The number of anilines is 2. The molecular formula is C17H22N4OS. The molecule has 2 aromatic rings. The van der Waals surface area contributed by atoms with Crippen molar-refractivity contribution in [2.75, 3.05) is 23.7 Å². The van der Waals surface area contributed by atoms with Crippen molar-refractivity contribution < 1.29 is 4.79 Å². The number of nitrogens with zero attached hydrogens (tertiary/aromatic N) is 2. The topological polar surface area (TPSA) is 85.2 Å². The highest BCUT2D eigenvalue weighted by Crippen LogP contribution is 2.42. The summed E-state index contributed by atoms with van der Waals surface area (Å²) in [6.07, 6.45) is 8.53. The van der Waals surface area contributed by atoms with Crippen LogP contribution in [0.2, 0.25) is 0 Å². The van der Waals surface area contributed by atoms with E-state index in [0.29, 0.717) is 10.6 Å². The summed E-state index contributed by atoms with van der Waals surface area (Å²) in [6, 6.07) is 2.03. The highest BCUT2D eigenvalue weighted by molar-refractivity contribution is 7.21. The molecule has 0 spiro atoms. The molecule has 1 saturated carbocycles. The third-order valence-corrected chi connectivity index (χ3v) is 6.59. The van der Waals surface area contributed by atoms with Crippen molar-refractivity contribution in [1.29, 1.82) is 0 Å². The van der Waals surface area contributed by atoms with Crippen LogP contribution >= 0.6 is 11.3 Å². The van der Waals surface area contributed by atoms with Gasteiger partial charge in [0.2, 0.25) is 0 Å². The number of thiophene rings is 1. The van der Waals surface area contributed by atoms with E-state index in [0.717, 1.165) is 40.8 Å². The predicted molar refractivity (Wildman–Crippen MR) is 94.8 cm³/mol. The number of pyridine rings is 1. The van der Waals surface area contributed by atoms with Crippen molar-refractivity contribution >= 4 is 38.8 Å². The van der Waals surface area contributed by atoms with Crippen LogP contribution in [0.15, 0.2) is 12.3 Å². The van der Waals surface area contributed by atoms with Crippen molar-refractivity contribution in [3.63, 3.8) is 0 Å². The van der Waals surface area contributed by atoms with E-state index in [1.165, 1.54) is 43.4 Å². The zero-order valence-electron chi connectivity index (χ0n) is 13.1. The van der Waals surface area contributed by atoms with Gasteiger partial charge in [0.05, 0.1) is 16.8 Å². The van der Waals surface area contributed by atoms with Crippen LogP contribution in [0, 0.1) is 11.8 Å². The zero-order valence-corrected chi connectivity index (χ0v) is 13.9. The van der Waals surface area contributed by atoms with Crippen LogP contribution in [0.3, 0.4) is 0 Å². The first-order chi connectivity index (χ1) is 11.1. The standard InChI is InChI=1S/C17H22N4OS/c18-14-13-12(5-7-20-17(13)23-15(14)16(19)22)21-8-6-10-3-1-2-4-11(10)9-21/h5,7,10-11H,1-4,6,8-9,18H2,(H2,19,22). The number of hydrogen-bond acceptors (Lipinski definition) is 5. The van der Waals surface area contributed by atoms with Gasteiger partial charge in [-0.05, 0) is 30.7 Å². The Morgan fingerprint density at radius 1 is 1.26 bits per heavy atom. The molecule has 23 heavy (non-hydrogen) atoms. The minimum absolute atomic E-state index is 0.424. The van der Waals surface area contributed by atoms with Gasteiger partial charge in [-0.3, -0.25) is 4.79 Å². The number of rotatable bonds is 2. The van der Waals surface area contributed by atoms with Crippen LogP contribution in [0.25, 0.3) is 10.2 Å². The number of nitrogen functional groups attached to an aromatic ring is 1. The number of nitrogens with two attached hydrogens (primary N) is 2. The fourth-order valence-corrected chi connectivity index (χ4v) is 5.23. The molecule has 0 bridgehead atoms. The number of amides is 1. The van der Waals surface area contributed by atoms with Gasteiger partial charge in [-0.1, -0.05) is 19.3 Å². The summed E-state index contributed by atoms with van der Waals surface area (Å²) in [4.78, 5) is 19.6. The van der Waals surface area contributed by atoms with Crippen LogP contribution in [0.5, 0.6) is 0 Å². The van der Waals surface area contributed by atoms with Gasteiger partial charge in [-0.15, -0.1) is 11.3 Å². The van der Waals surface area contributed by atoms with Crippen LogP contribution < -0.4 is 16.4 Å². The summed E-state index contributed by atoms with van der Waals surface area (Å²) >= 11 is 1.30. The summed E-state index contributed by atoms with van der Waals surface area (Å²) in [5.74, 6) is 1.21. The molecule has 2 fully saturated rings. The molecule has 1 amide bonds. The molecule has 4 rings (SSSR count). The Bertz CT molecular complexity index is 756. The lowest BCUT2D eigenvalue weighted by molar-refractivity contribution is 0.100. The van der Waals surface area contributed by atoms with E-state index in [-0.39, 0.29) is 0 Å². The van der Waals surface area contributed by atoms with E-state index >= 15 is 0 Å². The summed E-state index contributed by atoms with van der Waals surface area (Å²) in [7, 11) is 0. The van der Waals surface area contributed by atoms with Gasteiger partial charge in [-0.2, -0.15) is 0 Å². The lowest BCUT2D eigenvalue weighted by atomic mass is 9.75. The monoisotopic (exact) mass is 330 g/mol. The van der Waals surface area contributed by atoms with Crippen LogP contribution in [-0.2, 0) is 0 Å². The molecule has 1 aliphatic carbocycles. The molecule has 1 aliphatic heterocycles. The fourth-order valence-electron chi connectivity index (χ4n) is 4.29. The maximum atomic E-state index is 11.6. The molecule has 2 aromatic heterocycles. The van der Waals surface area contributed by atoms with E-state index in [1.807, 2.05) is 12.3 Å². The number of primary amides is 1. The summed E-state index contributed by atoms with van der Waals surface area (Å²) < 4.78 is 0. The Morgan fingerprint density at radius 2 is 2.04 bits per heavy atom. The Kier molecular flexibility index (Phi) is 3.64. The molecule has 3 heterocycles. The Balaban J connectivity index is 1.72. The van der Waals surface area contributed by atoms with E-state index in [4.69, 9.17) is 11.5 Å². The first-order valence-electron chi connectivity index (χ1n) is 8.37. The van der Waals surface area contributed by atoms with Crippen molar-refractivity contribution in [2.24, 2.45) is 17.6 Å². The number of aromatic nitrogens is 1. The maximum Gasteiger partial charge on any atom is 0.260 e. The van der Waals surface area contributed by atoms with Crippen molar-refractivity contribution in [2.45, 2.75) is 32.1 Å². The lowest BCUT2D eigenvalue weighted by Crippen LogP contribution is -2.41. The van der Waals surface area contributed by atoms with Gasteiger partial charge in [0.25, 0.3) is 5.91 Å². The Labute approximate surface area is 139 Å². The summed E-state index contributed by atoms with van der Waals surface area (Å²) in [6.45, 7) is 2.15. The highest BCUT2D eigenvalue weighted by Gasteiger charge is 2.32. The second kappa shape index (κ2) is 5.67. The average molecular weight is 330 g/mol. The second-order valence-electron chi connectivity index (χ2n) is 6.76. The van der Waals surface area contributed by atoms with Gasteiger partial charge in [0.15, 0.2) is 0 Å². The smallest absolute Gasteiger partial charge is 0.260 e. The fraction of sp³-hybridized carbons (Fsp3) is 0.529. The van der Waals surface area contributed by atoms with Crippen LogP contribution in [-0.4, -0.2) is 24.0 Å². The van der Waals surface area contributed by atoms with E-state index in [2.05, 4.69) is 9.88 Å². The largest absolute Gasteiger partial charge is 0.397 e. The number of piperidine rings is 1. The first kappa shape index (κ1) is 14.8. The highest BCUT2D eigenvalue weighted by atomic mass is 32.1. The van der Waals surface area contributed by atoms with Crippen molar-refractivity contribution in [3.05, 3.63) is 17.1 Å². The third kappa shape index (κ3) is 2.45. The number of carbonyl (C=O) groups is 1. The molecule has 1 saturated heterocycles. The molecule has 2 unspecified atom stereocenters.